The van der Waals surface area contributed by atoms with Gasteiger partial charge in [0.15, 0.2) is 5.11 Å². The fourth-order valence-electron chi connectivity index (χ4n) is 1.99. The Hall–Kier alpha value is -2.25. The van der Waals surface area contributed by atoms with Gasteiger partial charge in [-0.25, -0.2) is 0 Å². The normalized spacial score (nSPS) is 10.2. The van der Waals surface area contributed by atoms with Crippen LogP contribution in [0.5, 0.6) is 0 Å². The van der Waals surface area contributed by atoms with Gasteiger partial charge in [-0.1, -0.05) is 15.9 Å². The number of halogens is 1. The third kappa shape index (κ3) is 5.95. The molecule has 0 saturated heterocycles. The van der Waals surface area contributed by atoms with Crippen LogP contribution in [0.4, 0.5) is 5.69 Å². The van der Waals surface area contributed by atoms with Gasteiger partial charge in [-0.05, 0) is 74.6 Å². The van der Waals surface area contributed by atoms with Crippen molar-refractivity contribution in [2.24, 2.45) is 0 Å². The van der Waals surface area contributed by atoms with Crippen molar-refractivity contribution in [1.29, 1.82) is 0 Å². The van der Waals surface area contributed by atoms with Gasteiger partial charge in [0.25, 0.3) is 11.8 Å². The SMILES string of the molecule is CC(C)NC(=O)c1ccc(NC(=S)NC(=O)c2ccc(Br)cc2)cc1. The first-order valence-corrected chi connectivity index (χ1v) is 8.84. The van der Waals surface area contributed by atoms with Gasteiger partial charge in [-0.3, -0.25) is 14.9 Å². The third-order valence-corrected chi connectivity index (χ3v) is 3.89. The van der Waals surface area contributed by atoms with Crippen LogP contribution >= 0.6 is 28.1 Å². The summed E-state index contributed by atoms with van der Waals surface area (Å²) in [4.78, 5) is 24.0. The van der Waals surface area contributed by atoms with Crippen LogP contribution in [-0.2, 0) is 0 Å². The second-order valence-electron chi connectivity index (χ2n) is 5.62. The largest absolute Gasteiger partial charge is 0.350 e. The molecule has 2 aromatic rings. The van der Waals surface area contributed by atoms with E-state index >= 15 is 0 Å². The minimum atomic E-state index is -0.294. The molecule has 2 aromatic carbocycles. The summed E-state index contributed by atoms with van der Waals surface area (Å²) in [6.07, 6.45) is 0. The van der Waals surface area contributed by atoms with Crippen LogP contribution in [0, 0.1) is 0 Å². The first-order valence-electron chi connectivity index (χ1n) is 7.64. The van der Waals surface area contributed by atoms with Crippen LogP contribution in [0.2, 0.25) is 0 Å². The number of benzene rings is 2. The van der Waals surface area contributed by atoms with Crippen molar-refractivity contribution in [3.8, 4) is 0 Å². The lowest BCUT2D eigenvalue weighted by Gasteiger charge is -2.11. The summed E-state index contributed by atoms with van der Waals surface area (Å²) in [5.41, 5.74) is 1.75. The number of carbonyl (C=O) groups is 2. The average molecular weight is 420 g/mol. The maximum Gasteiger partial charge on any atom is 0.257 e. The molecule has 0 spiro atoms. The molecule has 3 N–H and O–H groups in total. The molecule has 0 radical (unpaired) electrons. The fraction of sp³-hybridized carbons (Fsp3) is 0.167. The molecule has 0 fully saturated rings. The highest BCUT2D eigenvalue weighted by atomic mass is 79.9. The minimum Gasteiger partial charge on any atom is -0.350 e. The van der Waals surface area contributed by atoms with E-state index < -0.39 is 0 Å². The maximum absolute atomic E-state index is 12.1. The topological polar surface area (TPSA) is 70.2 Å². The highest BCUT2D eigenvalue weighted by Crippen LogP contribution is 2.11. The molecule has 25 heavy (non-hydrogen) atoms. The standard InChI is InChI=1S/C18H18BrN3O2S/c1-11(2)20-16(23)13-5-9-15(10-6-13)21-18(25)22-17(24)12-3-7-14(19)8-4-12/h3-11H,1-2H3,(H,20,23)(H2,21,22,24,25). The molecule has 130 valence electrons. The van der Waals surface area contributed by atoms with Gasteiger partial charge < -0.3 is 10.6 Å². The molecule has 5 nitrogen and oxygen atoms in total. The van der Waals surface area contributed by atoms with Crippen molar-refractivity contribution in [2.75, 3.05) is 5.32 Å². The summed E-state index contributed by atoms with van der Waals surface area (Å²) in [6.45, 7) is 3.81. The van der Waals surface area contributed by atoms with E-state index in [1.165, 1.54) is 0 Å². The molecule has 0 aliphatic rings. The number of nitrogens with one attached hydrogen (secondary N) is 3. The van der Waals surface area contributed by atoms with Gasteiger partial charge in [0.05, 0.1) is 0 Å². The average Bonchev–Trinajstić information content (AvgIpc) is 2.55. The minimum absolute atomic E-state index is 0.0756. The second kappa shape index (κ2) is 8.73. The summed E-state index contributed by atoms with van der Waals surface area (Å²) in [5.74, 6) is -0.425. The molecule has 2 rings (SSSR count). The first kappa shape index (κ1) is 19.1. The summed E-state index contributed by atoms with van der Waals surface area (Å²) in [6, 6.07) is 13.9. The van der Waals surface area contributed by atoms with Crippen molar-refractivity contribution >= 4 is 50.8 Å². The van der Waals surface area contributed by atoms with Crippen LogP contribution in [0.1, 0.15) is 34.6 Å². The number of rotatable bonds is 4. The van der Waals surface area contributed by atoms with E-state index in [1.807, 2.05) is 13.8 Å². The van der Waals surface area contributed by atoms with E-state index in [0.717, 1.165) is 4.47 Å². The lowest BCUT2D eigenvalue weighted by Crippen LogP contribution is -2.34. The van der Waals surface area contributed by atoms with Gasteiger partial charge in [0.1, 0.15) is 0 Å². The number of hydrogen-bond donors (Lipinski definition) is 3. The van der Waals surface area contributed by atoms with Crippen LogP contribution in [0.3, 0.4) is 0 Å². The molecule has 2 amide bonds. The predicted octanol–water partition coefficient (Wildman–Crippen LogP) is 3.71. The van der Waals surface area contributed by atoms with Crippen molar-refractivity contribution in [2.45, 2.75) is 19.9 Å². The lowest BCUT2D eigenvalue weighted by molar-refractivity contribution is 0.0941. The van der Waals surface area contributed by atoms with Crippen LogP contribution in [0.15, 0.2) is 53.0 Å². The summed E-state index contributed by atoms with van der Waals surface area (Å²) in [7, 11) is 0. The Kier molecular flexibility index (Phi) is 6.66. The van der Waals surface area contributed by atoms with Gasteiger partial charge in [0.2, 0.25) is 0 Å². The maximum atomic E-state index is 12.1. The van der Waals surface area contributed by atoms with E-state index in [1.54, 1.807) is 48.5 Å². The Morgan fingerprint density at radius 3 is 2.00 bits per heavy atom. The molecule has 0 saturated carbocycles. The van der Waals surface area contributed by atoms with E-state index in [0.29, 0.717) is 16.8 Å². The van der Waals surface area contributed by atoms with Crippen LogP contribution in [-0.4, -0.2) is 23.0 Å². The number of carbonyl (C=O) groups excluding carboxylic acids is 2. The highest BCUT2D eigenvalue weighted by Gasteiger charge is 2.09. The van der Waals surface area contributed by atoms with Crippen LogP contribution in [0.25, 0.3) is 0 Å². The zero-order valence-corrected chi connectivity index (χ0v) is 16.2. The number of hydrogen-bond acceptors (Lipinski definition) is 3. The van der Waals surface area contributed by atoms with E-state index in [2.05, 4.69) is 31.9 Å². The van der Waals surface area contributed by atoms with E-state index in [4.69, 9.17) is 12.2 Å². The molecule has 0 aromatic heterocycles. The zero-order chi connectivity index (χ0) is 18.4. The first-order chi connectivity index (χ1) is 11.8. The Morgan fingerprint density at radius 2 is 1.44 bits per heavy atom. The van der Waals surface area contributed by atoms with Gasteiger partial charge >= 0.3 is 0 Å². The molecule has 0 heterocycles. The molecular formula is C18H18BrN3O2S. The molecule has 0 aliphatic carbocycles. The summed E-state index contributed by atoms with van der Waals surface area (Å²) in [5, 5.41) is 8.54. The monoisotopic (exact) mass is 419 g/mol. The fourth-order valence-corrected chi connectivity index (χ4v) is 2.46. The molecule has 0 aliphatic heterocycles. The van der Waals surface area contributed by atoms with Gasteiger partial charge in [-0.2, -0.15) is 0 Å². The Bertz CT molecular complexity index is 774. The summed E-state index contributed by atoms with van der Waals surface area (Å²) >= 11 is 8.47. The lowest BCUT2D eigenvalue weighted by atomic mass is 10.2. The number of amides is 2. The van der Waals surface area contributed by atoms with Gasteiger partial charge in [0, 0.05) is 27.3 Å². The van der Waals surface area contributed by atoms with Crippen molar-refractivity contribution < 1.29 is 9.59 Å². The molecule has 0 bridgehead atoms. The third-order valence-electron chi connectivity index (χ3n) is 3.16. The van der Waals surface area contributed by atoms with Gasteiger partial charge in [-0.15, -0.1) is 0 Å². The van der Waals surface area contributed by atoms with Crippen molar-refractivity contribution in [3.63, 3.8) is 0 Å². The van der Waals surface area contributed by atoms with Crippen molar-refractivity contribution in [3.05, 3.63) is 64.1 Å². The van der Waals surface area contributed by atoms with Crippen molar-refractivity contribution in [1.82, 2.24) is 10.6 Å². The molecule has 7 heteroatoms. The molecule has 0 unspecified atom stereocenters. The Morgan fingerprint density at radius 1 is 0.920 bits per heavy atom. The second-order valence-corrected chi connectivity index (χ2v) is 6.94. The quantitative estimate of drug-likeness (QED) is 0.660. The Labute approximate surface area is 160 Å². The smallest absolute Gasteiger partial charge is 0.257 e. The van der Waals surface area contributed by atoms with E-state index in [9.17, 15) is 9.59 Å². The molecular weight excluding hydrogens is 402 g/mol. The molecule has 0 atom stereocenters. The summed E-state index contributed by atoms with van der Waals surface area (Å²) < 4.78 is 0.895. The van der Waals surface area contributed by atoms with E-state index in [-0.39, 0.29) is 23.0 Å². The predicted molar refractivity (Wildman–Crippen MR) is 107 cm³/mol. The highest BCUT2D eigenvalue weighted by molar-refractivity contribution is 9.10. The zero-order valence-electron chi connectivity index (χ0n) is 13.8. The number of thiocarbonyl (C=S) groups is 1. The Balaban J connectivity index is 1.93. The van der Waals surface area contributed by atoms with Crippen LogP contribution < -0.4 is 16.0 Å². The number of anilines is 1.